The van der Waals surface area contributed by atoms with Crippen LogP contribution < -0.4 is 19.5 Å². The zero-order valence-corrected chi connectivity index (χ0v) is 53.8. The minimum atomic E-state index is -5.60. The summed E-state index contributed by atoms with van der Waals surface area (Å²) in [6, 6.07) is 4.33. The lowest BCUT2D eigenvalue weighted by atomic mass is 9.73. The summed E-state index contributed by atoms with van der Waals surface area (Å²) in [4.78, 5) is 91.0. The van der Waals surface area contributed by atoms with Crippen LogP contribution in [0.2, 0.25) is 5.02 Å². The number of anilines is 1. The number of nitrogens with zero attached hydrogens (tertiary/aromatic N) is 6. The predicted molar refractivity (Wildman–Crippen MR) is 317 cm³/mol. The van der Waals surface area contributed by atoms with E-state index in [0.717, 1.165) is 62.6 Å². The number of carboxylic acid groups (broad SMARTS) is 2. The van der Waals surface area contributed by atoms with Crippen LogP contribution in [0.4, 0.5) is 49.7 Å². The van der Waals surface area contributed by atoms with Gasteiger partial charge in [0.05, 0.1) is 46.8 Å². The van der Waals surface area contributed by atoms with E-state index in [-0.39, 0.29) is 43.2 Å². The molecule has 37 heteroatoms. The van der Waals surface area contributed by atoms with Gasteiger partial charge in [0.25, 0.3) is 5.92 Å². The molecule has 512 valence electrons. The Labute approximate surface area is 538 Å². The van der Waals surface area contributed by atoms with Gasteiger partial charge in [0, 0.05) is 52.3 Å². The first kappa shape index (κ1) is 72.7. The van der Waals surface area contributed by atoms with Gasteiger partial charge in [-0.3, -0.25) is 38.3 Å². The van der Waals surface area contributed by atoms with Crippen molar-refractivity contribution in [1.29, 1.82) is 0 Å². The third kappa shape index (κ3) is 15.9. The third-order valence-corrected chi connectivity index (χ3v) is 19.5. The highest BCUT2D eigenvalue weighted by atomic mass is 35.5. The normalized spacial score (nSPS) is 16.4. The minimum absolute atomic E-state index is 0.0730. The smallest absolute Gasteiger partial charge is 0.481 e. The van der Waals surface area contributed by atoms with Gasteiger partial charge >= 0.3 is 32.1 Å². The molecule has 3 heterocycles. The molecule has 4 atom stereocenters. The van der Waals surface area contributed by atoms with Gasteiger partial charge in [0.2, 0.25) is 27.7 Å². The van der Waals surface area contributed by atoms with E-state index in [9.17, 15) is 73.7 Å². The van der Waals surface area contributed by atoms with E-state index in [0.29, 0.717) is 12.3 Å². The maximum absolute atomic E-state index is 16.1. The first-order valence-corrected chi connectivity index (χ1v) is 33.6. The number of benzene rings is 3. The zero-order valence-electron chi connectivity index (χ0n) is 50.5. The summed E-state index contributed by atoms with van der Waals surface area (Å²) in [5, 5.41) is 29.3. The molecule has 0 radical (unpaired) electrons. The molecule has 0 unspecified atom stereocenters. The Morgan fingerprint density at radius 1 is 0.874 bits per heavy atom. The van der Waals surface area contributed by atoms with Crippen molar-refractivity contribution >= 4 is 85.7 Å². The van der Waals surface area contributed by atoms with Crippen molar-refractivity contribution in [2.45, 2.75) is 133 Å². The van der Waals surface area contributed by atoms with Crippen molar-refractivity contribution in [2.24, 2.45) is 5.92 Å². The summed E-state index contributed by atoms with van der Waals surface area (Å²) in [6.07, 6.45) is -13.7. The number of sulfonamides is 1. The Balaban J connectivity index is 1.34. The monoisotopic (exact) mass is 1420 g/mol. The average molecular weight is 1430 g/mol. The molecule has 2 aliphatic rings. The lowest BCUT2D eigenvalue weighted by molar-refractivity contribution is -0.147. The number of alkyl halides is 8. The Bertz CT molecular complexity index is 4510. The van der Waals surface area contributed by atoms with Crippen LogP contribution in [-0.4, -0.2) is 121 Å². The molecule has 6 aromatic rings. The second kappa shape index (κ2) is 25.8. The van der Waals surface area contributed by atoms with E-state index in [4.69, 9.17) is 16.1 Å². The molecule has 6 N–H and O–H groups in total. The van der Waals surface area contributed by atoms with E-state index >= 15 is 35.5 Å². The molecule has 0 aliphatic heterocycles. The number of pyridine rings is 1. The number of nitrogens with one attached hydrogen (secondary N) is 2. The fourth-order valence-electron chi connectivity index (χ4n) is 11.5. The molecule has 0 saturated heterocycles. The van der Waals surface area contributed by atoms with Gasteiger partial charge in [0.1, 0.15) is 52.7 Å². The number of carbonyl (C=O) groups excluding carboxylic acids is 3. The van der Waals surface area contributed by atoms with Gasteiger partial charge in [-0.25, -0.2) is 40.0 Å². The Morgan fingerprint density at radius 3 is 2.05 bits per heavy atom. The molecule has 3 aromatic heterocycles. The standard InChI is InChI=1S/C58H56ClF10N8O15PS2/c1-27-16-29(21-41(78)72-39(53(83)84)23-44(81)82)47(40(17-27)92-93(85,86)87)54(2,3)24-43(80)77(95(7,90)91)52-46-37(59)13-11-34(49(46)76(74-52)26-56(62,63)64)33-9-8-32(14-15-55(4,5)94(6,88)89)70-48(33)38(20-28-18-30(60)22-31(61)19-28)71-42(79)25-75-51-45(50(73-75)58(67,68)69)35-10-12-36(35)57(51,65)66/h8-9,11,13,16-19,22,35-36,38-39H,10,12,20-21,23-26H2,1-7H3,(H,71,79)(H,72,78)(H,81,82)(H,83,84)(H2,85,86,87)/t35-,36+,38-,39+/m0/s1. The number of phosphoric acid groups is 1. The van der Waals surface area contributed by atoms with Gasteiger partial charge in [-0.05, 0) is 105 Å². The molecule has 95 heavy (non-hydrogen) atoms. The van der Waals surface area contributed by atoms with E-state index in [1.165, 1.54) is 26.8 Å². The van der Waals surface area contributed by atoms with Crippen LogP contribution in [0.25, 0.3) is 22.0 Å². The molecule has 2 aliphatic carbocycles. The molecule has 0 bridgehead atoms. The van der Waals surface area contributed by atoms with Gasteiger partial charge in [-0.2, -0.15) is 49.6 Å². The maximum Gasteiger partial charge on any atom is 0.524 e. The molecule has 8 rings (SSSR count). The van der Waals surface area contributed by atoms with Crippen molar-refractivity contribution in [2.75, 3.05) is 16.8 Å². The number of phosphoric ester groups is 1. The van der Waals surface area contributed by atoms with Crippen molar-refractivity contribution in [3.63, 3.8) is 0 Å². The summed E-state index contributed by atoms with van der Waals surface area (Å²) >= 11 is 6.82. The van der Waals surface area contributed by atoms with Crippen LogP contribution >= 0.6 is 19.4 Å². The van der Waals surface area contributed by atoms with Gasteiger partial charge < -0.3 is 25.4 Å². The summed E-state index contributed by atoms with van der Waals surface area (Å²) in [6.45, 7) is 2.50. The average Bonchev–Trinajstić information content (AvgIpc) is 1.54. The molecular weight excluding hydrogens is 1370 g/mol. The second-order valence-corrected chi connectivity index (χ2v) is 29.9. The molecule has 23 nitrogen and oxygen atoms in total. The van der Waals surface area contributed by atoms with E-state index in [2.05, 4.69) is 32.3 Å². The number of aromatic nitrogens is 5. The fraction of sp³-hybridized carbons (Fsp3) is 0.414. The molecule has 0 spiro atoms. The van der Waals surface area contributed by atoms with E-state index in [1.54, 1.807) is 0 Å². The van der Waals surface area contributed by atoms with Gasteiger partial charge in [-0.1, -0.05) is 43.5 Å². The lowest BCUT2D eigenvalue weighted by Gasteiger charge is -2.34. The van der Waals surface area contributed by atoms with Crippen LogP contribution in [0.5, 0.6) is 5.75 Å². The molecular formula is C58H56ClF10N8O15PS2. The predicted octanol–water partition coefficient (Wildman–Crippen LogP) is 8.71. The third-order valence-electron chi connectivity index (χ3n) is 15.7. The zero-order chi connectivity index (χ0) is 71.0. The van der Waals surface area contributed by atoms with Gasteiger partial charge in [-0.15, -0.1) is 0 Å². The van der Waals surface area contributed by atoms with Crippen LogP contribution in [0, 0.1) is 36.3 Å². The highest BCUT2D eigenvalue weighted by Crippen LogP contribution is 2.64. The summed E-state index contributed by atoms with van der Waals surface area (Å²) in [5.74, 6) is -13.8. The largest absolute Gasteiger partial charge is 0.524 e. The van der Waals surface area contributed by atoms with Crippen molar-refractivity contribution in [3.05, 3.63) is 122 Å². The topological polar surface area (TPSA) is 337 Å². The summed E-state index contributed by atoms with van der Waals surface area (Å²) in [7, 11) is -14.8. The maximum atomic E-state index is 16.1. The highest BCUT2D eigenvalue weighted by Gasteiger charge is 2.64. The number of aryl methyl sites for hydroxylation is 1. The summed E-state index contributed by atoms with van der Waals surface area (Å²) in [5.41, 5.74) is -9.44. The van der Waals surface area contributed by atoms with Crippen LogP contribution in [0.15, 0.2) is 54.6 Å². The fourth-order valence-corrected chi connectivity index (χ4v) is 13.2. The van der Waals surface area contributed by atoms with Crippen molar-refractivity contribution in [3.8, 4) is 28.7 Å². The van der Waals surface area contributed by atoms with E-state index < -0.39 is 233 Å². The number of fused-ring (bicyclic) bond motifs is 4. The Kier molecular flexibility index (Phi) is 19.7. The number of sulfone groups is 1. The van der Waals surface area contributed by atoms with Crippen LogP contribution in [0.1, 0.15) is 116 Å². The molecule has 1 fully saturated rings. The minimum Gasteiger partial charge on any atom is -0.481 e. The SMILES string of the molecule is Cc1cc(CC(=O)N[C@H](CC(=O)O)C(=O)O)c(C(C)(C)CC(=O)N(c2nn(CC(F)(F)F)c3c(-c4ccc(C#CC(C)(C)S(C)(=O)=O)nc4[C@H](Cc4cc(F)cc(F)c4)NC(=O)Cn4nc(C(F)(F)F)c5c4C(F)(F)[C@@H]4CC[C@H]54)ccc(Cl)c23)S(C)(=O)=O)c(OP(=O)(O)O)c1. The van der Waals surface area contributed by atoms with Crippen LogP contribution in [0.3, 0.4) is 0 Å². The number of aliphatic carboxylic acids is 2. The number of rotatable bonds is 22. The number of hydrogen-bond donors (Lipinski definition) is 6. The van der Waals surface area contributed by atoms with Crippen molar-refractivity contribution < 1.29 is 114 Å². The quantitative estimate of drug-likeness (QED) is 0.0210. The number of amides is 3. The number of carboxylic acids is 2. The molecule has 3 amide bonds. The van der Waals surface area contributed by atoms with Crippen molar-refractivity contribution in [1.82, 2.24) is 35.2 Å². The lowest BCUT2D eigenvalue weighted by Crippen LogP contribution is -2.43. The Hall–Kier alpha value is -8.16. The molecule has 1 saturated carbocycles. The van der Waals surface area contributed by atoms with Gasteiger partial charge in [0.15, 0.2) is 21.3 Å². The van der Waals surface area contributed by atoms with E-state index in [1.807, 2.05) is 5.32 Å². The first-order valence-electron chi connectivity index (χ1n) is 27.9. The number of carbonyl (C=O) groups is 5. The number of hydrogen-bond acceptors (Lipinski definition) is 14. The summed E-state index contributed by atoms with van der Waals surface area (Å²) < 4.78 is 221. The Morgan fingerprint density at radius 2 is 1.51 bits per heavy atom. The molecule has 3 aromatic carbocycles. The number of halogens is 11. The highest BCUT2D eigenvalue weighted by molar-refractivity contribution is 7.93. The second-order valence-electron chi connectivity index (χ2n) is 24.0. The first-order chi connectivity index (χ1) is 43.5. The van der Waals surface area contributed by atoms with Crippen LogP contribution in [-0.2, 0) is 91.8 Å².